The lowest BCUT2D eigenvalue weighted by atomic mass is 9.72. The number of aromatic nitrogens is 1. The molecule has 1 aliphatic carbocycles. The van der Waals surface area contributed by atoms with Gasteiger partial charge in [-0.15, -0.1) is 0 Å². The minimum Gasteiger partial charge on any atom is -0.491 e. The van der Waals surface area contributed by atoms with Crippen molar-refractivity contribution in [1.29, 1.82) is 5.26 Å². The summed E-state index contributed by atoms with van der Waals surface area (Å²) in [6.07, 6.45) is 2.60. The van der Waals surface area contributed by atoms with Gasteiger partial charge in [0.1, 0.15) is 23.1 Å². The van der Waals surface area contributed by atoms with E-state index >= 15 is 0 Å². The molecule has 1 saturated carbocycles. The minimum absolute atomic E-state index is 0.0508. The molecule has 0 radical (unpaired) electrons. The molecule has 1 N–H and O–H groups in total. The summed E-state index contributed by atoms with van der Waals surface area (Å²) in [5.41, 5.74) is -0.870. The van der Waals surface area contributed by atoms with Crippen molar-refractivity contribution in [2.24, 2.45) is 5.92 Å². The van der Waals surface area contributed by atoms with E-state index in [9.17, 15) is 5.11 Å². The monoisotopic (exact) mass is 288 g/mol. The summed E-state index contributed by atoms with van der Waals surface area (Å²) in [5.74, 6) is 0.624. The van der Waals surface area contributed by atoms with Gasteiger partial charge in [-0.2, -0.15) is 5.26 Å². The van der Waals surface area contributed by atoms with Crippen molar-refractivity contribution in [3.05, 3.63) is 35.6 Å². The van der Waals surface area contributed by atoms with Crippen molar-refractivity contribution in [1.82, 2.24) is 4.98 Å². The SMILES string of the molecule is N#CC1CC(O)(COc2ccc3c(Cl)nccc3c2)C1. The molecule has 1 aliphatic rings. The van der Waals surface area contributed by atoms with Crippen LogP contribution in [0.4, 0.5) is 0 Å². The summed E-state index contributed by atoms with van der Waals surface area (Å²) in [6.45, 7) is 0.204. The van der Waals surface area contributed by atoms with Crippen LogP contribution in [-0.4, -0.2) is 22.3 Å². The van der Waals surface area contributed by atoms with Crippen molar-refractivity contribution < 1.29 is 9.84 Å². The van der Waals surface area contributed by atoms with E-state index in [2.05, 4.69) is 11.1 Å². The van der Waals surface area contributed by atoms with Gasteiger partial charge in [0.15, 0.2) is 0 Å². The Kier molecular flexibility index (Phi) is 3.25. The number of rotatable bonds is 3. The number of pyridine rings is 1. The first-order chi connectivity index (χ1) is 9.59. The number of hydrogen-bond donors (Lipinski definition) is 1. The van der Waals surface area contributed by atoms with Gasteiger partial charge in [-0.3, -0.25) is 0 Å². The molecule has 1 aromatic heterocycles. The van der Waals surface area contributed by atoms with Gasteiger partial charge in [0, 0.05) is 11.6 Å². The lowest BCUT2D eigenvalue weighted by Gasteiger charge is -2.39. The second-order valence-electron chi connectivity index (χ2n) is 5.23. The summed E-state index contributed by atoms with van der Waals surface area (Å²) < 4.78 is 5.63. The number of benzene rings is 1. The fourth-order valence-corrected chi connectivity index (χ4v) is 2.72. The third-order valence-electron chi connectivity index (χ3n) is 3.63. The van der Waals surface area contributed by atoms with Crippen LogP contribution in [-0.2, 0) is 0 Å². The van der Waals surface area contributed by atoms with Crippen molar-refractivity contribution in [2.75, 3.05) is 6.61 Å². The molecule has 3 rings (SSSR count). The third kappa shape index (κ3) is 2.43. The largest absolute Gasteiger partial charge is 0.491 e. The molecule has 1 fully saturated rings. The average molecular weight is 289 g/mol. The van der Waals surface area contributed by atoms with Gasteiger partial charge in [0.05, 0.1) is 12.0 Å². The quantitative estimate of drug-likeness (QED) is 0.882. The van der Waals surface area contributed by atoms with E-state index < -0.39 is 5.60 Å². The molecular weight excluding hydrogens is 276 g/mol. The summed E-state index contributed by atoms with van der Waals surface area (Å²) in [4.78, 5) is 4.02. The molecule has 20 heavy (non-hydrogen) atoms. The van der Waals surface area contributed by atoms with Gasteiger partial charge in [0.2, 0.25) is 0 Å². The zero-order chi connectivity index (χ0) is 14.2. The predicted molar refractivity (Wildman–Crippen MR) is 75.5 cm³/mol. The van der Waals surface area contributed by atoms with Crippen molar-refractivity contribution in [3.63, 3.8) is 0 Å². The Morgan fingerprint density at radius 1 is 1.45 bits per heavy atom. The van der Waals surface area contributed by atoms with Crippen LogP contribution in [0, 0.1) is 17.2 Å². The normalized spacial score (nSPS) is 24.9. The standard InChI is InChI=1S/C15H13ClN2O2/c16-14-13-2-1-12(5-11(13)3-4-18-14)20-9-15(19)6-10(7-15)8-17/h1-5,10,19H,6-7,9H2. The average Bonchev–Trinajstić information content (AvgIpc) is 2.42. The number of halogens is 1. The molecule has 0 unspecified atom stereocenters. The van der Waals surface area contributed by atoms with Gasteiger partial charge in [-0.25, -0.2) is 4.98 Å². The van der Waals surface area contributed by atoms with Gasteiger partial charge < -0.3 is 9.84 Å². The fraction of sp³-hybridized carbons (Fsp3) is 0.333. The maximum atomic E-state index is 10.1. The number of nitriles is 1. The first-order valence-electron chi connectivity index (χ1n) is 6.39. The van der Waals surface area contributed by atoms with E-state index in [4.69, 9.17) is 21.6 Å². The van der Waals surface area contributed by atoms with Crippen LogP contribution in [0.3, 0.4) is 0 Å². The van der Waals surface area contributed by atoms with Crippen LogP contribution in [0.25, 0.3) is 10.8 Å². The zero-order valence-corrected chi connectivity index (χ0v) is 11.5. The minimum atomic E-state index is -0.870. The number of ether oxygens (including phenoxy) is 1. The molecule has 0 atom stereocenters. The summed E-state index contributed by atoms with van der Waals surface area (Å²) in [6, 6.07) is 9.53. The summed E-state index contributed by atoms with van der Waals surface area (Å²) in [5, 5.41) is 21.1. The van der Waals surface area contributed by atoms with Crippen molar-refractivity contribution in [3.8, 4) is 11.8 Å². The van der Waals surface area contributed by atoms with E-state index in [1.807, 2.05) is 18.2 Å². The van der Waals surface area contributed by atoms with Gasteiger partial charge in [0.25, 0.3) is 0 Å². The molecule has 0 saturated heterocycles. The van der Waals surface area contributed by atoms with Crippen LogP contribution < -0.4 is 4.74 Å². The zero-order valence-electron chi connectivity index (χ0n) is 10.7. The Hall–Kier alpha value is -1.83. The molecule has 4 nitrogen and oxygen atoms in total. The van der Waals surface area contributed by atoms with E-state index in [1.165, 1.54) is 0 Å². The highest BCUT2D eigenvalue weighted by molar-refractivity contribution is 6.34. The first kappa shape index (κ1) is 13.2. The molecule has 0 amide bonds. The van der Waals surface area contributed by atoms with Crippen molar-refractivity contribution >= 4 is 22.4 Å². The summed E-state index contributed by atoms with van der Waals surface area (Å²) in [7, 11) is 0. The highest BCUT2D eigenvalue weighted by Gasteiger charge is 2.43. The van der Waals surface area contributed by atoms with E-state index in [0.29, 0.717) is 23.7 Å². The topological polar surface area (TPSA) is 66.1 Å². The van der Waals surface area contributed by atoms with Gasteiger partial charge >= 0.3 is 0 Å². The fourth-order valence-electron chi connectivity index (χ4n) is 2.49. The Bertz CT molecular complexity index is 690. The molecule has 2 aromatic rings. The second-order valence-corrected chi connectivity index (χ2v) is 5.59. The highest BCUT2D eigenvalue weighted by atomic mass is 35.5. The molecule has 1 aromatic carbocycles. The van der Waals surface area contributed by atoms with Gasteiger partial charge in [-0.05, 0) is 42.5 Å². The maximum Gasteiger partial charge on any atom is 0.136 e. The lowest BCUT2D eigenvalue weighted by molar-refractivity contribution is -0.0862. The second kappa shape index (κ2) is 4.93. The molecule has 0 bridgehead atoms. The Morgan fingerprint density at radius 3 is 3.00 bits per heavy atom. The van der Waals surface area contributed by atoms with E-state index in [0.717, 1.165) is 10.8 Å². The molecule has 5 heteroatoms. The van der Waals surface area contributed by atoms with Crippen LogP contribution in [0.5, 0.6) is 5.75 Å². The number of nitrogens with zero attached hydrogens (tertiary/aromatic N) is 2. The summed E-state index contributed by atoms with van der Waals surface area (Å²) >= 11 is 6.00. The highest BCUT2D eigenvalue weighted by Crippen LogP contribution is 2.37. The predicted octanol–water partition coefficient (Wildman–Crippen LogP) is 2.93. The number of hydrogen-bond acceptors (Lipinski definition) is 4. The Labute approximate surface area is 121 Å². The number of fused-ring (bicyclic) bond motifs is 1. The van der Waals surface area contributed by atoms with E-state index in [-0.39, 0.29) is 12.5 Å². The van der Waals surface area contributed by atoms with Crippen LogP contribution in [0.1, 0.15) is 12.8 Å². The smallest absolute Gasteiger partial charge is 0.136 e. The Balaban J connectivity index is 1.71. The lowest BCUT2D eigenvalue weighted by Crippen LogP contribution is -2.48. The molecule has 0 aliphatic heterocycles. The maximum absolute atomic E-state index is 10.1. The van der Waals surface area contributed by atoms with Gasteiger partial charge in [-0.1, -0.05) is 11.6 Å². The van der Waals surface area contributed by atoms with Crippen LogP contribution in [0.2, 0.25) is 5.15 Å². The van der Waals surface area contributed by atoms with Crippen LogP contribution >= 0.6 is 11.6 Å². The molecule has 1 heterocycles. The van der Waals surface area contributed by atoms with Crippen LogP contribution in [0.15, 0.2) is 30.5 Å². The molecule has 0 spiro atoms. The van der Waals surface area contributed by atoms with Crippen molar-refractivity contribution in [2.45, 2.75) is 18.4 Å². The third-order valence-corrected chi connectivity index (χ3v) is 3.93. The molecular formula is C15H13ClN2O2. The molecule has 102 valence electrons. The van der Waals surface area contributed by atoms with E-state index in [1.54, 1.807) is 12.3 Å². The Morgan fingerprint density at radius 2 is 2.25 bits per heavy atom. The number of aliphatic hydroxyl groups is 1. The first-order valence-corrected chi connectivity index (χ1v) is 6.76.